The second kappa shape index (κ2) is 7.68. The van der Waals surface area contributed by atoms with Gasteiger partial charge in [-0.25, -0.2) is 0 Å². The number of carbonyl (C=O) groups excluding carboxylic acids is 2. The minimum absolute atomic E-state index is 0.0851. The molecule has 2 N–H and O–H groups in total. The Morgan fingerprint density at radius 1 is 1.00 bits per heavy atom. The van der Waals surface area contributed by atoms with Gasteiger partial charge >= 0.3 is 5.97 Å². The molecule has 32 heavy (non-hydrogen) atoms. The van der Waals surface area contributed by atoms with Gasteiger partial charge in [0.1, 0.15) is 17.9 Å². The van der Waals surface area contributed by atoms with Gasteiger partial charge in [0.2, 0.25) is 0 Å². The highest BCUT2D eigenvalue weighted by Crippen LogP contribution is 2.77. The first kappa shape index (κ1) is 24.0. The summed E-state index contributed by atoms with van der Waals surface area (Å²) in [4.78, 5) is 25.0. The first-order chi connectivity index (χ1) is 14.8. The summed E-state index contributed by atoms with van der Waals surface area (Å²) >= 11 is 0. The van der Waals surface area contributed by atoms with Crippen molar-refractivity contribution in [3.8, 4) is 0 Å². The highest BCUT2D eigenvalue weighted by Gasteiger charge is 2.70. The monoisotopic (exact) mass is 443 g/mol. The molecule has 0 aromatic heterocycles. The van der Waals surface area contributed by atoms with Gasteiger partial charge < -0.3 is 10.5 Å². The van der Waals surface area contributed by atoms with Crippen LogP contribution in [-0.2, 0) is 14.3 Å². The number of fused-ring (bicyclic) bond motifs is 5. The second-order valence-corrected chi connectivity index (χ2v) is 12.9. The predicted octanol–water partition coefficient (Wildman–Crippen LogP) is 5.83. The number of allylic oxidation sites excluding steroid dienone is 1. The number of rotatable bonds is 4. The van der Waals surface area contributed by atoms with Gasteiger partial charge in [0.05, 0.1) is 0 Å². The Kier molecular flexibility index (Phi) is 5.76. The summed E-state index contributed by atoms with van der Waals surface area (Å²) in [6.45, 7) is 15.7. The van der Waals surface area contributed by atoms with E-state index in [1.54, 1.807) is 0 Å². The van der Waals surface area contributed by atoms with Crippen LogP contribution in [0.2, 0.25) is 0 Å². The van der Waals surface area contributed by atoms with E-state index in [2.05, 4.69) is 33.8 Å². The molecule has 0 amide bonds. The quantitative estimate of drug-likeness (QED) is 0.438. The largest absolute Gasteiger partial charge is 0.457 e. The molecule has 4 aliphatic carbocycles. The molecule has 0 radical (unpaired) electrons. The SMILES string of the molecule is CC(=O)[C@@H]1CC[C@]2(C)[C@@]3(C)CCC4=C[C@H](OC(=O)[C@@H](N)C(C)C)CC[C@@]4(C)[C@@H]3CC[C@@]12C. The maximum atomic E-state index is 12.6. The Morgan fingerprint density at radius 2 is 1.69 bits per heavy atom. The molecule has 4 aliphatic rings. The molecule has 0 unspecified atom stereocenters. The van der Waals surface area contributed by atoms with Crippen LogP contribution in [0.1, 0.15) is 99.8 Å². The van der Waals surface area contributed by atoms with E-state index in [9.17, 15) is 9.59 Å². The van der Waals surface area contributed by atoms with Gasteiger partial charge in [0, 0.05) is 5.92 Å². The normalized spacial score (nSPS) is 46.5. The number of hydrogen-bond donors (Lipinski definition) is 1. The Hall–Kier alpha value is -1.16. The van der Waals surface area contributed by atoms with Crippen molar-refractivity contribution >= 4 is 11.8 Å². The van der Waals surface area contributed by atoms with Crippen LogP contribution < -0.4 is 5.73 Å². The van der Waals surface area contributed by atoms with Crippen LogP contribution >= 0.6 is 0 Å². The molecule has 0 spiro atoms. The molecular weight excluding hydrogens is 398 g/mol. The van der Waals surface area contributed by atoms with Crippen molar-refractivity contribution in [3.63, 3.8) is 0 Å². The second-order valence-electron chi connectivity index (χ2n) is 12.9. The molecule has 4 nitrogen and oxygen atoms in total. The molecule has 4 heteroatoms. The Morgan fingerprint density at radius 3 is 2.31 bits per heavy atom. The van der Waals surface area contributed by atoms with Crippen LogP contribution in [0.25, 0.3) is 0 Å². The molecule has 0 bridgehead atoms. The molecule has 180 valence electrons. The standard InChI is InChI=1S/C28H45NO3/c1-17(2)23(29)24(31)32-20-9-12-25(4)19(16-20)8-13-27(6)22(25)11-14-26(5)21(18(3)30)10-15-28(26,27)7/h16-17,20-23H,8-15,29H2,1-7H3/t20-,21+,22+,23+,25-,26+,27+,28+/m1/s1. The van der Waals surface area contributed by atoms with Gasteiger partial charge in [-0.1, -0.05) is 47.1 Å². The fourth-order valence-corrected chi connectivity index (χ4v) is 8.94. The summed E-state index contributed by atoms with van der Waals surface area (Å²) in [5.74, 6) is 1.04. The minimum Gasteiger partial charge on any atom is -0.457 e. The lowest BCUT2D eigenvalue weighted by molar-refractivity contribution is -0.179. The summed E-state index contributed by atoms with van der Waals surface area (Å²) in [7, 11) is 0. The molecule has 0 saturated heterocycles. The van der Waals surface area contributed by atoms with Crippen LogP contribution in [0, 0.1) is 39.4 Å². The van der Waals surface area contributed by atoms with Gasteiger partial charge in [-0.2, -0.15) is 0 Å². The molecular formula is C28H45NO3. The number of nitrogens with two attached hydrogens (primary N) is 1. The maximum Gasteiger partial charge on any atom is 0.323 e. The number of ether oxygens (including phenoxy) is 1. The number of ketones is 1. The van der Waals surface area contributed by atoms with Gasteiger partial charge in [-0.15, -0.1) is 0 Å². The number of esters is 1. The van der Waals surface area contributed by atoms with Gasteiger partial charge in [-0.05, 0) is 97.9 Å². The van der Waals surface area contributed by atoms with E-state index in [4.69, 9.17) is 10.5 Å². The average molecular weight is 444 g/mol. The number of hydrogen-bond acceptors (Lipinski definition) is 4. The van der Waals surface area contributed by atoms with Crippen molar-refractivity contribution in [1.29, 1.82) is 0 Å². The highest BCUT2D eigenvalue weighted by atomic mass is 16.5. The lowest BCUT2D eigenvalue weighted by Crippen LogP contribution is -2.61. The Balaban J connectivity index is 1.61. The van der Waals surface area contributed by atoms with Crippen LogP contribution in [0.3, 0.4) is 0 Å². The van der Waals surface area contributed by atoms with Crippen molar-refractivity contribution in [2.75, 3.05) is 0 Å². The molecule has 0 heterocycles. The summed E-state index contributed by atoms with van der Waals surface area (Å²) in [6, 6.07) is -0.552. The lowest BCUT2D eigenvalue weighted by Gasteiger charge is -2.68. The minimum atomic E-state index is -0.552. The number of Topliss-reactive ketones (excluding diaryl/α,β-unsaturated/α-hetero) is 1. The third-order valence-electron chi connectivity index (χ3n) is 11.4. The molecule has 8 atom stereocenters. The van der Waals surface area contributed by atoms with E-state index < -0.39 is 6.04 Å². The van der Waals surface area contributed by atoms with E-state index in [1.165, 1.54) is 24.8 Å². The first-order valence-electron chi connectivity index (χ1n) is 13.0. The zero-order chi connectivity index (χ0) is 23.7. The zero-order valence-electron chi connectivity index (χ0n) is 21.4. The van der Waals surface area contributed by atoms with Crippen LogP contribution in [0.4, 0.5) is 0 Å². The van der Waals surface area contributed by atoms with E-state index in [0.717, 1.165) is 32.1 Å². The van der Waals surface area contributed by atoms with E-state index in [-0.39, 0.29) is 45.6 Å². The molecule has 3 saturated carbocycles. The van der Waals surface area contributed by atoms with Crippen molar-refractivity contribution in [2.24, 2.45) is 45.1 Å². The van der Waals surface area contributed by atoms with Crippen molar-refractivity contribution in [3.05, 3.63) is 11.6 Å². The van der Waals surface area contributed by atoms with Crippen LogP contribution in [0.5, 0.6) is 0 Å². The topological polar surface area (TPSA) is 69.4 Å². The van der Waals surface area contributed by atoms with Crippen LogP contribution in [-0.4, -0.2) is 23.9 Å². The van der Waals surface area contributed by atoms with Crippen molar-refractivity contribution in [2.45, 2.75) is 112 Å². The molecule has 0 aliphatic heterocycles. The van der Waals surface area contributed by atoms with Gasteiger partial charge in [0.25, 0.3) is 0 Å². The Labute approximate surface area is 195 Å². The maximum absolute atomic E-state index is 12.6. The van der Waals surface area contributed by atoms with E-state index >= 15 is 0 Å². The van der Waals surface area contributed by atoms with Gasteiger partial charge in [-0.3, -0.25) is 9.59 Å². The van der Waals surface area contributed by atoms with Gasteiger partial charge in [0.15, 0.2) is 0 Å². The lowest BCUT2D eigenvalue weighted by atomic mass is 9.36. The third-order valence-corrected chi connectivity index (χ3v) is 11.4. The molecule has 3 fully saturated rings. The van der Waals surface area contributed by atoms with Crippen molar-refractivity contribution < 1.29 is 14.3 Å². The summed E-state index contributed by atoms with van der Waals surface area (Å²) in [5, 5.41) is 0. The summed E-state index contributed by atoms with van der Waals surface area (Å²) in [6.07, 6.45) is 10.9. The number of carbonyl (C=O) groups is 2. The van der Waals surface area contributed by atoms with E-state index in [0.29, 0.717) is 11.7 Å². The smallest absolute Gasteiger partial charge is 0.323 e. The molecule has 0 aromatic carbocycles. The third kappa shape index (κ3) is 3.11. The predicted molar refractivity (Wildman–Crippen MR) is 128 cm³/mol. The average Bonchev–Trinajstić information content (AvgIpc) is 3.00. The first-order valence-corrected chi connectivity index (χ1v) is 13.0. The fourth-order valence-electron chi connectivity index (χ4n) is 8.94. The molecule has 4 rings (SSSR count). The highest BCUT2D eigenvalue weighted by molar-refractivity contribution is 5.80. The zero-order valence-corrected chi connectivity index (χ0v) is 21.4. The van der Waals surface area contributed by atoms with Crippen molar-refractivity contribution in [1.82, 2.24) is 0 Å². The van der Waals surface area contributed by atoms with E-state index in [1.807, 2.05) is 20.8 Å². The summed E-state index contributed by atoms with van der Waals surface area (Å²) in [5.41, 5.74) is 8.23. The van der Waals surface area contributed by atoms with Crippen LogP contribution in [0.15, 0.2) is 11.6 Å². The fraction of sp³-hybridized carbons (Fsp3) is 0.857. The summed E-state index contributed by atoms with van der Waals surface area (Å²) < 4.78 is 5.84. The Bertz CT molecular complexity index is 833. The molecule has 0 aromatic rings.